The van der Waals surface area contributed by atoms with E-state index in [0.717, 1.165) is 35.4 Å². The summed E-state index contributed by atoms with van der Waals surface area (Å²) in [5, 5.41) is 3.52. The topological polar surface area (TPSA) is 80.5 Å². The highest BCUT2D eigenvalue weighted by Gasteiger charge is 2.45. The number of rotatable bonds is 5. The Balaban J connectivity index is 1.20. The van der Waals surface area contributed by atoms with Crippen molar-refractivity contribution in [2.24, 2.45) is 5.73 Å². The fourth-order valence-corrected chi connectivity index (χ4v) is 5.24. The van der Waals surface area contributed by atoms with Crippen molar-refractivity contribution >= 4 is 27.6 Å². The number of nitrogens with one attached hydrogen (secondary N) is 1. The molecular weight excluding hydrogens is 372 g/mol. The lowest BCUT2D eigenvalue weighted by Crippen LogP contribution is -2.64. The van der Waals surface area contributed by atoms with Crippen LogP contribution in [0.15, 0.2) is 48.5 Å². The molecular formula is C21H22N4O2S. The molecule has 7 heteroatoms. The molecule has 3 fully saturated rings. The molecule has 1 aliphatic carbocycles. The first-order valence-corrected chi connectivity index (χ1v) is 10.4. The van der Waals surface area contributed by atoms with Gasteiger partial charge in [-0.3, -0.25) is 4.90 Å². The number of benzene rings is 2. The molecule has 0 spiro atoms. The zero-order chi connectivity index (χ0) is 19.1. The van der Waals surface area contributed by atoms with Crippen LogP contribution >= 0.6 is 11.3 Å². The quantitative estimate of drug-likeness (QED) is 0.689. The standard InChI is InChI=1S/C21H22N4O2S/c22-20(26)23-14-9-15-11-16(10-14)25(15)12-13-5-7-17(8-6-13)27-21-24-18-3-1-2-4-19(18)28-21/h1-8,14-16H,9-12H2,(H3,22,23,26)/t14?,15-,16?/m0/s1. The number of amides is 2. The fourth-order valence-electron chi connectivity index (χ4n) is 4.41. The van der Waals surface area contributed by atoms with Gasteiger partial charge in [0, 0.05) is 24.7 Å². The number of nitrogens with two attached hydrogens (primary N) is 1. The summed E-state index contributed by atoms with van der Waals surface area (Å²) in [5.74, 6) is 0.803. The molecule has 2 aliphatic heterocycles. The Morgan fingerprint density at radius 3 is 2.61 bits per heavy atom. The zero-order valence-corrected chi connectivity index (χ0v) is 16.2. The molecule has 1 saturated carbocycles. The van der Waals surface area contributed by atoms with Crippen molar-refractivity contribution in [1.29, 1.82) is 0 Å². The largest absolute Gasteiger partial charge is 0.431 e. The average molecular weight is 395 g/mol. The lowest BCUT2D eigenvalue weighted by Gasteiger charge is -2.55. The second-order valence-electron chi connectivity index (χ2n) is 7.59. The summed E-state index contributed by atoms with van der Waals surface area (Å²) in [6, 6.07) is 17.2. The van der Waals surface area contributed by atoms with Gasteiger partial charge in [-0.15, -0.1) is 0 Å². The third-order valence-electron chi connectivity index (χ3n) is 5.71. The summed E-state index contributed by atoms with van der Waals surface area (Å²) in [6.07, 6.45) is 3.19. The molecule has 2 aromatic carbocycles. The number of hydrogen-bond donors (Lipinski definition) is 2. The van der Waals surface area contributed by atoms with Crippen molar-refractivity contribution in [3.8, 4) is 10.9 Å². The molecule has 3 heterocycles. The second kappa shape index (κ2) is 7.07. The van der Waals surface area contributed by atoms with Crippen molar-refractivity contribution in [3.05, 3.63) is 54.1 Å². The Labute approximate surface area is 167 Å². The van der Waals surface area contributed by atoms with E-state index in [0.29, 0.717) is 17.3 Å². The minimum absolute atomic E-state index is 0.224. The van der Waals surface area contributed by atoms with Crippen molar-refractivity contribution in [2.45, 2.75) is 43.9 Å². The van der Waals surface area contributed by atoms with Gasteiger partial charge in [-0.1, -0.05) is 35.6 Å². The van der Waals surface area contributed by atoms with Gasteiger partial charge < -0.3 is 15.8 Å². The highest BCUT2D eigenvalue weighted by Crippen LogP contribution is 2.39. The molecule has 6 rings (SSSR count). The summed E-state index contributed by atoms with van der Waals surface area (Å²) >= 11 is 1.55. The van der Waals surface area contributed by atoms with E-state index >= 15 is 0 Å². The van der Waals surface area contributed by atoms with E-state index in [-0.39, 0.29) is 6.04 Å². The van der Waals surface area contributed by atoms with Crippen LogP contribution in [0.5, 0.6) is 10.9 Å². The van der Waals surface area contributed by atoms with Gasteiger partial charge in [-0.05, 0) is 49.1 Å². The molecule has 2 amide bonds. The SMILES string of the molecule is NC(=O)NC1CC2C[C@H](C1)N2Cc1ccc(Oc2nc3ccccc3s2)cc1. The maximum Gasteiger partial charge on any atom is 0.312 e. The van der Waals surface area contributed by atoms with Gasteiger partial charge in [0.05, 0.1) is 10.2 Å². The number of piperidine rings is 1. The van der Waals surface area contributed by atoms with Crippen LogP contribution in [0.3, 0.4) is 0 Å². The third kappa shape index (κ3) is 3.43. The Bertz CT molecular complexity index is 958. The number of fused-ring (bicyclic) bond motifs is 3. The van der Waals surface area contributed by atoms with E-state index in [1.165, 1.54) is 12.0 Å². The van der Waals surface area contributed by atoms with Crippen LogP contribution in [-0.4, -0.2) is 34.0 Å². The first-order valence-electron chi connectivity index (χ1n) is 9.58. The van der Waals surface area contributed by atoms with Gasteiger partial charge in [0.15, 0.2) is 0 Å². The number of hydrogen-bond acceptors (Lipinski definition) is 5. The smallest absolute Gasteiger partial charge is 0.312 e. The zero-order valence-electron chi connectivity index (χ0n) is 15.4. The van der Waals surface area contributed by atoms with E-state index in [1.54, 1.807) is 11.3 Å². The number of para-hydroxylation sites is 1. The summed E-state index contributed by atoms with van der Waals surface area (Å²) < 4.78 is 7.06. The Hall–Kier alpha value is -2.64. The molecule has 2 unspecified atom stereocenters. The number of ether oxygens (including phenoxy) is 1. The minimum atomic E-state index is -0.415. The highest BCUT2D eigenvalue weighted by atomic mass is 32.1. The number of carbonyl (C=O) groups is 1. The first kappa shape index (κ1) is 17.5. The van der Waals surface area contributed by atoms with Crippen LogP contribution in [0.1, 0.15) is 24.8 Å². The van der Waals surface area contributed by atoms with Crippen molar-refractivity contribution in [3.63, 3.8) is 0 Å². The van der Waals surface area contributed by atoms with Gasteiger partial charge in [-0.25, -0.2) is 9.78 Å². The van der Waals surface area contributed by atoms with Gasteiger partial charge in [0.1, 0.15) is 5.75 Å². The van der Waals surface area contributed by atoms with Crippen LogP contribution in [-0.2, 0) is 6.54 Å². The monoisotopic (exact) mass is 394 g/mol. The molecule has 2 saturated heterocycles. The van der Waals surface area contributed by atoms with E-state index in [2.05, 4.69) is 33.4 Å². The van der Waals surface area contributed by atoms with E-state index in [4.69, 9.17) is 10.5 Å². The third-order valence-corrected chi connectivity index (χ3v) is 6.62. The molecule has 2 bridgehead atoms. The number of carbonyl (C=O) groups excluding carboxylic acids is 1. The Morgan fingerprint density at radius 2 is 1.89 bits per heavy atom. The lowest BCUT2D eigenvalue weighted by molar-refractivity contribution is -0.0458. The van der Waals surface area contributed by atoms with E-state index in [1.807, 2.05) is 30.3 Å². The van der Waals surface area contributed by atoms with Crippen LogP contribution in [0.2, 0.25) is 0 Å². The average Bonchev–Trinajstić information content (AvgIpc) is 3.09. The molecule has 1 aromatic heterocycles. The number of primary amides is 1. The minimum Gasteiger partial charge on any atom is -0.431 e. The first-order chi connectivity index (χ1) is 13.6. The van der Waals surface area contributed by atoms with Crippen molar-refractivity contribution in [1.82, 2.24) is 15.2 Å². The van der Waals surface area contributed by atoms with Crippen LogP contribution in [0.25, 0.3) is 10.2 Å². The summed E-state index contributed by atoms with van der Waals surface area (Å²) in [5.41, 5.74) is 7.49. The summed E-state index contributed by atoms with van der Waals surface area (Å²) in [7, 11) is 0. The normalized spacial score (nSPS) is 23.9. The summed E-state index contributed by atoms with van der Waals surface area (Å²) in [6.45, 7) is 0.931. The van der Waals surface area contributed by atoms with Crippen LogP contribution in [0, 0.1) is 0 Å². The van der Waals surface area contributed by atoms with Crippen molar-refractivity contribution in [2.75, 3.05) is 0 Å². The predicted molar refractivity (Wildman–Crippen MR) is 110 cm³/mol. The van der Waals surface area contributed by atoms with Gasteiger partial charge in [0.25, 0.3) is 5.19 Å². The second-order valence-corrected chi connectivity index (χ2v) is 8.58. The van der Waals surface area contributed by atoms with E-state index < -0.39 is 6.03 Å². The number of aromatic nitrogens is 1. The van der Waals surface area contributed by atoms with Gasteiger partial charge in [0.2, 0.25) is 0 Å². The molecule has 144 valence electrons. The molecule has 3 aromatic rings. The fraction of sp³-hybridized carbons (Fsp3) is 0.333. The lowest BCUT2D eigenvalue weighted by atomic mass is 9.76. The predicted octanol–water partition coefficient (Wildman–Crippen LogP) is 3.86. The maximum absolute atomic E-state index is 11.1. The van der Waals surface area contributed by atoms with Crippen LogP contribution < -0.4 is 15.8 Å². The number of urea groups is 1. The summed E-state index contributed by atoms with van der Waals surface area (Å²) in [4.78, 5) is 18.1. The maximum atomic E-state index is 11.1. The molecule has 0 radical (unpaired) electrons. The van der Waals surface area contributed by atoms with Crippen LogP contribution in [0.4, 0.5) is 4.79 Å². The highest BCUT2D eigenvalue weighted by molar-refractivity contribution is 7.20. The number of thiazole rings is 1. The molecule has 3 N–H and O–H groups in total. The Kier molecular flexibility index (Phi) is 4.41. The Morgan fingerprint density at radius 1 is 1.14 bits per heavy atom. The number of nitrogens with zero attached hydrogens (tertiary/aromatic N) is 2. The van der Waals surface area contributed by atoms with E-state index in [9.17, 15) is 4.79 Å². The van der Waals surface area contributed by atoms with Gasteiger partial charge >= 0.3 is 6.03 Å². The molecule has 28 heavy (non-hydrogen) atoms. The molecule has 6 nitrogen and oxygen atoms in total. The van der Waals surface area contributed by atoms with Gasteiger partial charge in [-0.2, -0.15) is 0 Å². The molecule has 3 aliphatic rings. The molecule has 3 atom stereocenters. The van der Waals surface area contributed by atoms with Crippen molar-refractivity contribution < 1.29 is 9.53 Å².